The minimum atomic E-state index is -0.981. The number of H-pyrrole nitrogens is 1. The quantitative estimate of drug-likeness (QED) is 0.430. The number of carbonyl (C=O) groups is 2. The summed E-state index contributed by atoms with van der Waals surface area (Å²) >= 11 is 0. The molecule has 0 bridgehead atoms. The van der Waals surface area contributed by atoms with E-state index < -0.39 is 5.97 Å². The number of carboxylic acids is 1. The molecule has 1 aliphatic carbocycles. The SMILES string of the molecule is CCCCC1CCCC(C(=O)c2n[nH]c(Cc3ccc(-c4ccccc4C(=O)O)nc3)n2)C1. The molecule has 7 nitrogen and oxygen atoms in total. The minimum absolute atomic E-state index is 0.0273. The molecule has 1 aliphatic rings. The molecule has 0 saturated heterocycles. The third-order valence-electron chi connectivity index (χ3n) is 6.50. The van der Waals surface area contributed by atoms with Crippen LogP contribution in [0.15, 0.2) is 42.6 Å². The Labute approximate surface area is 193 Å². The largest absolute Gasteiger partial charge is 0.478 e. The van der Waals surface area contributed by atoms with Crippen LogP contribution in [-0.2, 0) is 6.42 Å². The van der Waals surface area contributed by atoms with Crippen molar-refractivity contribution in [2.75, 3.05) is 0 Å². The third-order valence-corrected chi connectivity index (χ3v) is 6.50. The van der Waals surface area contributed by atoms with Crippen molar-refractivity contribution in [3.05, 3.63) is 65.4 Å². The summed E-state index contributed by atoms with van der Waals surface area (Å²) in [5.74, 6) is 0.645. The number of nitrogens with one attached hydrogen (secondary N) is 1. The fourth-order valence-electron chi connectivity index (χ4n) is 4.73. The molecule has 2 N–H and O–H groups in total. The topological polar surface area (TPSA) is 109 Å². The van der Waals surface area contributed by atoms with Gasteiger partial charge < -0.3 is 5.11 Å². The molecule has 2 heterocycles. The lowest BCUT2D eigenvalue weighted by atomic mass is 9.77. The average molecular weight is 447 g/mol. The molecule has 0 amide bonds. The fourth-order valence-corrected chi connectivity index (χ4v) is 4.73. The van der Waals surface area contributed by atoms with Gasteiger partial charge in [0.25, 0.3) is 0 Å². The number of unbranched alkanes of at least 4 members (excludes halogenated alkanes) is 1. The van der Waals surface area contributed by atoms with Crippen LogP contribution in [0, 0.1) is 11.8 Å². The Morgan fingerprint density at radius 1 is 1.15 bits per heavy atom. The van der Waals surface area contributed by atoms with Crippen molar-refractivity contribution < 1.29 is 14.7 Å². The maximum absolute atomic E-state index is 13.0. The zero-order chi connectivity index (χ0) is 23.2. The van der Waals surface area contributed by atoms with Crippen LogP contribution in [0.5, 0.6) is 0 Å². The van der Waals surface area contributed by atoms with E-state index in [-0.39, 0.29) is 23.1 Å². The van der Waals surface area contributed by atoms with Crippen LogP contribution in [0.25, 0.3) is 11.3 Å². The maximum atomic E-state index is 13.0. The zero-order valence-electron chi connectivity index (χ0n) is 19.0. The molecular formula is C26H30N4O3. The average Bonchev–Trinajstić information content (AvgIpc) is 3.31. The van der Waals surface area contributed by atoms with Crippen molar-refractivity contribution in [2.24, 2.45) is 11.8 Å². The number of ketones is 1. The van der Waals surface area contributed by atoms with Crippen LogP contribution < -0.4 is 0 Å². The Balaban J connectivity index is 1.41. The summed E-state index contributed by atoms with van der Waals surface area (Å²) in [6.45, 7) is 2.21. The Hall–Kier alpha value is -3.35. The molecule has 4 rings (SSSR count). The normalized spacial score (nSPS) is 18.2. The number of rotatable bonds is 9. The van der Waals surface area contributed by atoms with Crippen LogP contribution in [0.1, 0.15) is 84.2 Å². The van der Waals surface area contributed by atoms with Gasteiger partial charge in [0.2, 0.25) is 11.6 Å². The van der Waals surface area contributed by atoms with Crippen LogP contribution in [0.4, 0.5) is 0 Å². The molecule has 33 heavy (non-hydrogen) atoms. The first-order valence-electron chi connectivity index (χ1n) is 11.8. The number of hydrogen-bond acceptors (Lipinski definition) is 5. The van der Waals surface area contributed by atoms with Gasteiger partial charge in [0, 0.05) is 24.1 Å². The molecule has 1 aromatic carbocycles. The molecule has 1 fully saturated rings. The number of pyridine rings is 1. The first-order valence-corrected chi connectivity index (χ1v) is 11.8. The number of aromatic nitrogens is 4. The van der Waals surface area contributed by atoms with Gasteiger partial charge in [-0.2, -0.15) is 5.10 Å². The van der Waals surface area contributed by atoms with Crippen molar-refractivity contribution >= 4 is 11.8 Å². The number of hydrogen-bond donors (Lipinski definition) is 2. The first kappa shape index (κ1) is 22.8. The lowest BCUT2D eigenvalue weighted by Crippen LogP contribution is -2.24. The summed E-state index contributed by atoms with van der Waals surface area (Å²) < 4.78 is 0. The second kappa shape index (κ2) is 10.5. The summed E-state index contributed by atoms with van der Waals surface area (Å²) in [6.07, 6.45) is 10.0. The van der Waals surface area contributed by atoms with E-state index in [4.69, 9.17) is 0 Å². The molecule has 2 atom stereocenters. The van der Waals surface area contributed by atoms with E-state index in [0.717, 1.165) is 24.8 Å². The number of nitrogens with zero attached hydrogens (tertiary/aromatic N) is 3. The van der Waals surface area contributed by atoms with E-state index in [9.17, 15) is 14.7 Å². The van der Waals surface area contributed by atoms with E-state index in [1.54, 1.807) is 36.5 Å². The molecule has 2 unspecified atom stereocenters. The predicted octanol–water partition coefficient (Wildman–Crippen LogP) is 5.34. The Morgan fingerprint density at radius 2 is 2.00 bits per heavy atom. The summed E-state index contributed by atoms with van der Waals surface area (Å²) in [4.78, 5) is 33.3. The molecule has 172 valence electrons. The summed E-state index contributed by atoms with van der Waals surface area (Å²) in [7, 11) is 0. The third kappa shape index (κ3) is 5.53. The van der Waals surface area contributed by atoms with Crippen LogP contribution in [0.3, 0.4) is 0 Å². The van der Waals surface area contributed by atoms with Crippen molar-refractivity contribution in [3.8, 4) is 11.3 Å². The lowest BCUT2D eigenvalue weighted by Gasteiger charge is -2.27. The fraction of sp³-hybridized carbons (Fsp3) is 0.423. The monoisotopic (exact) mass is 446 g/mol. The standard InChI is InChI=1S/C26H30N4O3/c1-2-3-7-17-8-6-9-19(14-17)24(31)25-28-23(29-30-25)15-18-12-13-22(27-16-18)20-10-4-5-11-21(20)26(32)33/h4-5,10-13,16-17,19H,2-3,6-9,14-15H2,1H3,(H,32,33)(H,28,29,30). The van der Waals surface area contributed by atoms with Crippen LogP contribution in [-0.4, -0.2) is 37.0 Å². The Kier molecular flexibility index (Phi) is 7.27. The van der Waals surface area contributed by atoms with E-state index in [2.05, 4.69) is 27.1 Å². The number of benzene rings is 1. The van der Waals surface area contributed by atoms with E-state index in [0.29, 0.717) is 29.4 Å². The molecule has 0 radical (unpaired) electrons. The lowest BCUT2D eigenvalue weighted by molar-refractivity contribution is 0.0697. The van der Waals surface area contributed by atoms with Crippen LogP contribution in [0.2, 0.25) is 0 Å². The second-order valence-electron chi connectivity index (χ2n) is 8.92. The van der Waals surface area contributed by atoms with Gasteiger partial charge in [0.15, 0.2) is 0 Å². The van der Waals surface area contributed by atoms with E-state index in [1.807, 2.05) is 6.07 Å². The Bertz CT molecular complexity index is 1110. The van der Waals surface area contributed by atoms with Crippen molar-refractivity contribution in [1.29, 1.82) is 0 Å². The summed E-state index contributed by atoms with van der Waals surface area (Å²) in [5.41, 5.74) is 2.30. The molecule has 0 spiro atoms. The van der Waals surface area contributed by atoms with Crippen molar-refractivity contribution in [1.82, 2.24) is 20.2 Å². The molecule has 3 aromatic rings. The number of Topliss-reactive ketones (excluding diaryl/α,β-unsaturated/α-hetero) is 1. The van der Waals surface area contributed by atoms with Gasteiger partial charge in [-0.3, -0.25) is 14.9 Å². The van der Waals surface area contributed by atoms with Gasteiger partial charge in [0.1, 0.15) is 5.82 Å². The van der Waals surface area contributed by atoms with Gasteiger partial charge in [-0.25, -0.2) is 9.78 Å². The molecule has 1 saturated carbocycles. The first-order chi connectivity index (χ1) is 16.0. The number of aromatic amines is 1. The highest BCUT2D eigenvalue weighted by Crippen LogP contribution is 2.33. The van der Waals surface area contributed by atoms with Gasteiger partial charge in [-0.15, -0.1) is 0 Å². The summed E-state index contributed by atoms with van der Waals surface area (Å²) in [5, 5.41) is 16.5. The zero-order valence-corrected chi connectivity index (χ0v) is 19.0. The van der Waals surface area contributed by atoms with E-state index >= 15 is 0 Å². The maximum Gasteiger partial charge on any atom is 0.336 e. The van der Waals surface area contributed by atoms with Crippen molar-refractivity contribution in [3.63, 3.8) is 0 Å². The minimum Gasteiger partial charge on any atom is -0.478 e. The molecule has 7 heteroatoms. The highest BCUT2D eigenvalue weighted by Gasteiger charge is 2.29. The number of aromatic carboxylic acids is 1. The second-order valence-corrected chi connectivity index (χ2v) is 8.92. The number of carboxylic acid groups (broad SMARTS) is 1. The smallest absolute Gasteiger partial charge is 0.336 e. The highest BCUT2D eigenvalue weighted by atomic mass is 16.4. The van der Waals surface area contributed by atoms with Crippen LogP contribution >= 0.6 is 0 Å². The molecular weight excluding hydrogens is 416 g/mol. The Morgan fingerprint density at radius 3 is 2.76 bits per heavy atom. The molecule has 0 aliphatic heterocycles. The predicted molar refractivity (Wildman–Crippen MR) is 125 cm³/mol. The van der Waals surface area contributed by atoms with Gasteiger partial charge in [-0.1, -0.05) is 63.3 Å². The van der Waals surface area contributed by atoms with E-state index in [1.165, 1.54) is 25.7 Å². The summed E-state index contributed by atoms with van der Waals surface area (Å²) in [6, 6.07) is 10.5. The van der Waals surface area contributed by atoms with Crippen molar-refractivity contribution in [2.45, 2.75) is 58.3 Å². The van der Waals surface area contributed by atoms with Gasteiger partial charge in [-0.05, 0) is 36.5 Å². The highest BCUT2D eigenvalue weighted by molar-refractivity contribution is 5.95. The van der Waals surface area contributed by atoms with Gasteiger partial charge >= 0.3 is 5.97 Å². The molecule has 2 aromatic heterocycles. The van der Waals surface area contributed by atoms with Gasteiger partial charge in [0.05, 0.1) is 11.3 Å². The number of carbonyl (C=O) groups excluding carboxylic acids is 1.